The number of nitrogens with zero attached hydrogens (tertiary/aromatic N) is 1. The third kappa shape index (κ3) is 2.73. The molecule has 0 atom stereocenters. The molecule has 0 bridgehead atoms. The van der Waals surface area contributed by atoms with Crippen molar-refractivity contribution >= 4 is 17.3 Å². The second kappa shape index (κ2) is 5.71. The average Bonchev–Trinajstić information content (AvgIpc) is 2.51. The van der Waals surface area contributed by atoms with E-state index in [9.17, 15) is 4.79 Å². The second-order valence-corrected chi connectivity index (χ2v) is 5.55. The summed E-state index contributed by atoms with van der Waals surface area (Å²) < 4.78 is 0. The lowest BCUT2D eigenvalue weighted by molar-refractivity contribution is 0.578. The van der Waals surface area contributed by atoms with Gasteiger partial charge in [0.25, 0.3) is 5.56 Å². The quantitative estimate of drug-likeness (QED) is 0.915. The Labute approximate surface area is 123 Å². The predicted octanol–water partition coefficient (Wildman–Crippen LogP) is 3.69. The fourth-order valence-electron chi connectivity index (χ4n) is 2.65. The Bertz CT molecular complexity index is 660. The standard InChI is InChI=1S/C16H17ClN2O/c17-14-7-8-15(18-16(14)20)12-5-4-6-13(11-12)19-9-2-1-3-10-19/h4-8,11H,1-3,9-10H2,(H,18,20). The van der Waals surface area contributed by atoms with Crippen LogP contribution in [-0.2, 0) is 0 Å². The summed E-state index contributed by atoms with van der Waals surface area (Å²) in [6, 6.07) is 11.8. The van der Waals surface area contributed by atoms with Crippen molar-refractivity contribution in [2.24, 2.45) is 0 Å². The molecule has 0 radical (unpaired) electrons. The number of benzene rings is 1. The topological polar surface area (TPSA) is 36.1 Å². The zero-order valence-corrected chi connectivity index (χ0v) is 12.0. The number of pyridine rings is 1. The van der Waals surface area contributed by atoms with E-state index in [0.717, 1.165) is 24.3 Å². The summed E-state index contributed by atoms with van der Waals surface area (Å²) in [5.41, 5.74) is 2.80. The van der Waals surface area contributed by atoms with Gasteiger partial charge in [0.15, 0.2) is 0 Å². The molecule has 0 amide bonds. The Morgan fingerprint density at radius 3 is 2.60 bits per heavy atom. The molecular formula is C16H17ClN2O. The number of piperidine rings is 1. The Balaban J connectivity index is 1.93. The molecule has 1 fully saturated rings. The van der Waals surface area contributed by atoms with Crippen molar-refractivity contribution in [1.29, 1.82) is 0 Å². The van der Waals surface area contributed by atoms with Crippen LogP contribution in [0.25, 0.3) is 11.3 Å². The van der Waals surface area contributed by atoms with Gasteiger partial charge in [-0.15, -0.1) is 0 Å². The fourth-order valence-corrected chi connectivity index (χ4v) is 2.76. The molecule has 1 aromatic carbocycles. The first kappa shape index (κ1) is 13.3. The van der Waals surface area contributed by atoms with Crippen molar-refractivity contribution in [3.63, 3.8) is 0 Å². The summed E-state index contributed by atoms with van der Waals surface area (Å²) in [7, 11) is 0. The molecule has 0 aliphatic carbocycles. The summed E-state index contributed by atoms with van der Waals surface area (Å²) in [5, 5.41) is 0.223. The molecule has 0 unspecified atom stereocenters. The molecule has 4 heteroatoms. The average molecular weight is 289 g/mol. The molecule has 3 nitrogen and oxygen atoms in total. The van der Waals surface area contributed by atoms with E-state index in [0.29, 0.717) is 0 Å². The van der Waals surface area contributed by atoms with Crippen LogP contribution < -0.4 is 10.5 Å². The molecule has 1 aromatic heterocycles. The molecular weight excluding hydrogens is 272 g/mol. The van der Waals surface area contributed by atoms with E-state index in [1.807, 2.05) is 18.2 Å². The van der Waals surface area contributed by atoms with Gasteiger partial charge in [-0.3, -0.25) is 4.79 Å². The lowest BCUT2D eigenvalue weighted by Gasteiger charge is -2.29. The fraction of sp³-hybridized carbons (Fsp3) is 0.312. The van der Waals surface area contributed by atoms with Gasteiger partial charge in [0.05, 0.1) is 0 Å². The first-order valence-electron chi connectivity index (χ1n) is 6.98. The van der Waals surface area contributed by atoms with E-state index in [2.05, 4.69) is 22.0 Å². The molecule has 0 saturated carbocycles. The number of H-pyrrole nitrogens is 1. The zero-order chi connectivity index (χ0) is 13.9. The lowest BCUT2D eigenvalue weighted by Crippen LogP contribution is -2.29. The van der Waals surface area contributed by atoms with Gasteiger partial charge in [-0.1, -0.05) is 23.7 Å². The Morgan fingerprint density at radius 2 is 1.85 bits per heavy atom. The minimum absolute atomic E-state index is 0.223. The maximum atomic E-state index is 11.6. The SMILES string of the molecule is O=c1[nH]c(-c2cccc(N3CCCCC3)c2)ccc1Cl. The Morgan fingerprint density at radius 1 is 1.05 bits per heavy atom. The summed E-state index contributed by atoms with van der Waals surface area (Å²) in [5.74, 6) is 0. The van der Waals surface area contributed by atoms with Gasteiger partial charge in [0, 0.05) is 30.0 Å². The first-order valence-corrected chi connectivity index (χ1v) is 7.36. The van der Waals surface area contributed by atoms with E-state index in [1.165, 1.54) is 24.9 Å². The molecule has 0 spiro atoms. The highest BCUT2D eigenvalue weighted by Crippen LogP contribution is 2.25. The van der Waals surface area contributed by atoms with Crippen molar-refractivity contribution in [2.45, 2.75) is 19.3 Å². The molecule has 3 rings (SSSR count). The van der Waals surface area contributed by atoms with Crippen LogP contribution in [0.3, 0.4) is 0 Å². The third-order valence-electron chi connectivity index (χ3n) is 3.74. The smallest absolute Gasteiger partial charge is 0.267 e. The van der Waals surface area contributed by atoms with Crippen LogP contribution in [0.4, 0.5) is 5.69 Å². The van der Waals surface area contributed by atoms with Crippen LogP contribution in [0.2, 0.25) is 5.02 Å². The number of halogens is 1. The number of aromatic nitrogens is 1. The van der Waals surface area contributed by atoms with Crippen LogP contribution in [0.5, 0.6) is 0 Å². The van der Waals surface area contributed by atoms with Gasteiger partial charge < -0.3 is 9.88 Å². The molecule has 1 aliphatic rings. The van der Waals surface area contributed by atoms with Gasteiger partial charge in [0.2, 0.25) is 0 Å². The molecule has 1 aliphatic heterocycles. The maximum absolute atomic E-state index is 11.6. The van der Waals surface area contributed by atoms with Gasteiger partial charge >= 0.3 is 0 Å². The first-order chi connectivity index (χ1) is 9.74. The Kier molecular flexibility index (Phi) is 3.79. The highest BCUT2D eigenvalue weighted by molar-refractivity contribution is 6.30. The monoisotopic (exact) mass is 288 g/mol. The number of hydrogen-bond acceptors (Lipinski definition) is 2. The highest BCUT2D eigenvalue weighted by Gasteiger charge is 2.11. The van der Waals surface area contributed by atoms with Crippen molar-refractivity contribution in [3.8, 4) is 11.3 Å². The van der Waals surface area contributed by atoms with E-state index in [-0.39, 0.29) is 10.6 Å². The lowest BCUT2D eigenvalue weighted by atomic mass is 10.1. The molecule has 1 saturated heterocycles. The van der Waals surface area contributed by atoms with Crippen molar-refractivity contribution in [2.75, 3.05) is 18.0 Å². The summed E-state index contributed by atoms with van der Waals surface area (Å²) in [6.45, 7) is 2.22. The minimum Gasteiger partial charge on any atom is -0.372 e. The third-order valence-corrected chi connectivity index (χ3v) is 4.04. The Hall–Kier alpha value is -1.74. The van der Waals surface area contributed by atoms with E-state index in [1.54, 1.807) is 6.07 Å². The molecule has 2 aromatic rings. The number of rotatable bonds is 2. The summed E-state index contributed by atoms with van der Waals surface area (Å²) in [4.78, 5) is 16.8. The number of nitrogens with one attached hydrogen (secondary N) is 1. The number of aromatic amines is 1. The van der Waals surface area contributed by atoms with Gasteiger partial charge in [-0.05, 0) is 43.5 Å². The molecule has 1 N–H and O–H groups in total. The second-order valence-electron chi connectivity index (χ2n) is 5.15. The molecule has 2 heterocycles. The molecule has 104 valence electrons. The highest BCUT2D eigenvalue weighted by atomic mass is 35.5. The van der Waals surface area contributed by atoms with Gasteiger partial charge in [0.1, 0.15) is 5.02 Å². The van der Waals surface area contributed by atoms with Gasteiger partial charge in [-0.2, -0.15) is 0 Å². The van der Waals surface area contributed by atoms with Crippen LogP contribution in [0.15, 0.2) is 41.2 Å². The largest absolute Gasteiger partial charge is 0.372 e. The van der Waals surface area contributed by atoms with Crippen LogP contribution >= 0.6 is 11.6 Å². The van der Waals surface area contributed by atoms with Crippen LogP contribution in [0.1, 0.15) is 19.3 Å². The van der Waals surface area contributed by atoms with Crippen molar-refractivity contribution < 1.29 is 0 Å². The predicted molar refractivity (Wildman–Crippen MR) is 83.6 cm³/mol. The maximum Gasteiger partial charge on any atom is 0.267 e. The summed E-state index contributed by atoms with van der Waals surface area (Å²) in [6.07, 6.45) is 3.82. The van der Waals surface area contributed by atoms with E-state index >= 15 is 0 Å². The zero-order valence-electron chi connectivity index (χ0n) is 11.2. The molecule has 20 heavy (non-hydrogen) atoms. The van der Waals surface area contributed by atoms with E-state index in [4.69, 9.17) is 11.6 Å². The van der Waals surface area contributed by atoms with Crippen molar-refractivity contribution in [3.05, 3.63) is 51.8 Å². The van der Waals surface area contributed by atoms with Crippen molar-refractivity contribution in [1.82, 2.24) is 4.98 Å². The van der Waals surface area contributed by atoms with Crippen LogP contribution in [0, 0.1) is 0 Å². The number of anilines is 1. The van der Waals surface area contributed by atoms with Crippen LogP contribution in [-0.4, -0.2) is 18.1 Å². The minimum atomic E-state index is -0.243. The van der Waals surface area contributed by atoms with E-state index < -0.39 is 0 Å². The summed E-state index contributed by atoms with van der Waals surface area (Å²) >= 11 is 5.77. The number of hydrogen-bond donors (Lipinski definition) is 1. The normalized spacial score (nSPS) is 15.3. The van der Waals surface area contributed by atoms with Gasteiger partial charge in [-0.25, -0.2) is 0 Å².